The van der Waals surface area contributed by atoms with Crippen molar-refractivity contribution >= 4 is 29.7 Å². The predicted octanol–water partition coefficient (Wildman–Crippen LogP) is 1.97. The molecule has 0 bridgehead atoms. The minimum atomic E-state index is -1.15. The molecule has 1 saturated heterocycles. The van der Waals surface area contributed by atoms with Crippen LogP contribution >= 0.6 is 0 Å². The molecule has 2 aromatic carbocycles. The molecule has 0 radical (unpaired) electrons. The van der Waals surface area contributed by atoms with E-state index in [4.69, 9.17) is 4.74 Å². The van der Waals surface area contributed by atoms with Crippen LogP contribution in [0.3, 0.4) is 0 Å². The average Bonchev–Trinajstić information content (AvgIpc) is 2.99. The first kappa shape index (κ1) is 31.3. The lowest BCUT2D eigenvalue weighted by Gasteiger charge is -2.40. The number of benzene rings is 2. The molecule has 2 heterocycles. The van der Waals surface area contributed by atoms with Gasteiger partial charge < -0.3 is 34.8 Å². The molecule has 0 saturated carbocycles. The van der Waals surface area contributed by atoms with Crippen molar-refractivity contribution in [3.05, 3.63) is 65.5 Å². The Morgan fingerprint density at radius 1 is 1.05 bits per heavy atom. The molecule has 3 atom stereocenters. The summed E-state index contributed by atoms with van der Waals surface area (Å²) >= 11 is 0. The molecule has 2 aliphatic heterocycles. The van der Waals surface area contributed by atoms with E-state index in [1.54, 1.807) is 6.92 Å². The number of nitrogens with one attached hydrogen (secondary N) is 1. The Morgan fingerprint density at radius 2 is 1.77 bits per heavy atom. The number of amides is 5. The maximum absolute atomic E-state index is 14.4. The predicted molar refractivity (Wildman–Crippen MR) is 153 cm³/mol. The number of carbonyl (C=O) groups is 5. The van der Waals surface area contributed by atoms with Crippen molar-refractivity contribution in [2.45, 2.75) is 37.9 Å². The highest BCUT2D eigenvalue weighted by Crippen LogP contribution is 2.25. The van der Waals surface area contributed by atoms with Gasteiger partial charge in [-0.2, -0.15) is 0 Å². The van der Waals surface area contributed by atoms with Gasteiger partial charge in [0.25, 0.3) is 5.91 Å². The van der Waals surface area contributed by atoms with Gasteiger partial charge in [-0.25, -0.2) is 9.18 Å². The highest BCUT2D eigenvalue weighted by Gasteiger charge is 2.36. The summed E-state index contributed by atoms with van der Waals surface area (Å²) in [6.07, 6.45) is -1.36. The van der Waals surface area contributed by atoms with Gasteiger partial charge >= 0.3 is 6.09 Å². The molecule has 230 valence electrons. The lowest BCUT2D eigenvalue weighted by molar-refractivity contribution is -0.143. The van der Waals surface area contributed by atoms with Crippen LogP contribution in [0.5, 0.6) is 5.75 Å². The minimum Gasteiger partial charge on any atom is -0.491 e. The lowest BCUT2D eigenvalue weighted by Crippen LogP contribution is -2.59. The van der Waals surface area contributed by atoms with Gasteiger partial charge in [0.1, 0.15) is 24.2 Å². The largest absolute Gasteiger partial charge is 0.491 e. The number of halogens is 1. The number of rotatable bonds is 3. The number of fused-ring (bicyclic) bond motifs is 2. The van der Waals surface area contributed by atoms with Crippen molar-refractivity contribution in [3.63, 3.8) is 0 Å². The third kappa shape index (κ3) is 7.40. The van der Waals surface area contributed by atoms with Crippen LogP contribution in [0, 0.1) is 5.82 Å². The van der Waals surface area contributed by atoms with Gasteiger partial charge in [0.15, 0.2) is 0 Å². The maximum atomic E-state index is 14.4. The van der Waals surface area contributed by atoms with Crippen LogP contribution in [0.2, 0.25) is 0 Å². The van der Waals surface area contributed by atoms with E-state index in [-0.39, 0.29) is 56.9 Å². The first-order chi connectivity index (χ1) is 20.5. The van der Waals surface area contributed by atoms with Crippen LogP contribution in [0.4, 0.5) is 9.18 Å². The Labute approximate surface area is 249 Å². The summed E-state index contributed by atoms with van der Waals surface area (Å²) in [5.41, 5.74) is 0.688. The van der Waals surface area contributed by atoms with Gasteiger partial charge in [0.05, 0.1) is 24.2 Å². The minimum absolute atomic E-state index is 0.0120. The van der Waals surface area contributed by atoms with Gasteiger partial charge in [-0.3, -0.25) is 19.2 Å². The zero-order valence-corrected chi connectivity index (χ0v) is 24.4. The van der Waals surface area contributed by atoms with E-state index < -0.39 is 53.7 Å². The third-order valence-electron chi connectivity index (χ3n) is 7.86. The molecule has 5 amide bonds. The van der Waals surface area contributed by atoms with Gasteiger partial charge in [-0.05, 0) is 37.1 Å². The van der Waals surface area contributed by atoms with Crippen molar-refractivity contribution in [2.24, 2.45) is 0 Å². The normalized spacial score (nSPS) is 21.2. The molecular weight excluding hydrogens is 561 g/mol. The number of likely N-dealkylation sites (N-methyl/N-ethyl adjacent to an activating group) is 2. The molecule has 0 aliphatic carbocycles. The number of piperazine rings is 1. The Hall–Kier alpha value is -4.68. The van der Waals surface area contributed by atoms with Crippen molar-refractivity contribution in [2.75, 3.05) is 46.9 Å². The van der Waals surface area contributed by atoms with E-state index in [1.165, 1.54) is 30.0 Å². The van der Waals surface area contributed by atoms with Crippen LogP contribution in [-0.2, 0) is 14.4 Å². The SMILES string of the molecule is C[C@@H](NC(=O)[C@@H]1CCC(=O)N(C)CC(=O)N2CCN(C(=O)O)C[C@H]2COc2ccc(F)cc2C(=O)N1C)c1ccccc1. The van der Waals surface area contributed by atoms with Crippen molar-refractivity contribution in [3.8, 4) is 5.75 Å². The lowest BCUT2D eigenvalue weighted by atomic mass is 10.0. The highest BCUT2D eigenvalue weighted by molar-refractivity contribution is 5.99. The molecule has 1 fully saturated rings. The summed E-state index contributed by atoms with van der Waals surface area (Å²) < 4.78 is 20.4. The molecule has 0 spiro atoms. The Bertz CT molecular complexity index is 1370. The van der Waals surface area contributed by atoms with Gasteiger partial charge in [0, 0.05) is 40.2 Å². The van der Waals surface area contributed by atoms with E-state index in [1.807, 2.05) is 30.3 Å². The fourth-order valence-electron chi connectivity index (χ4n) is 5.28. The first-order valence-corrected chi connectivity index (χ1v) is 14.0. The first-order valence-electron chi connectivity index (χ1n) is 14.0. The third-order valence-corrected chi connectivity index (χ3v) is 7.86. The monoisotopic (exact) mass is 597 g/mol. The summed E-state index contributed by atoms with van der Waals surface area (Å²) in [5, 5.41) is 12.4. The van der Waals surface area contributed by atoms with Crippen molar-refractivity contribution < 1.29 is 38.2 Å². The standard InChI is InChI=1S/C30H36FN5O7/c1-19(20-7-5-4-6-8-20)32-28(39)24-10-12-26(37)33(2)17-27(38)36-14-13-35(30(41)42)16-22(36)18-43-25-11-9-21(31)15-23(25)29(40)34(24)3/h4-9,11,15,19,22,24H,10,12-14,16-18H2,1-3H3,(H,32,39)(H,41,42)/t19-,22+,24+/m1/s1. The summed E-state index contributed by atoms with van der Waals surface area (Å²) in [4.78, 5) is 70.4. The zero-order chi connectivity index (χ0) is 31.3. The molecule has 43 heavy (non-hydrogen) atoms. The fourth-order valence-corrected chi connectivity index (χ4v) is 5.28. The van der Waals surface area contributed by atoms with Crippen LogP contribution in [-0.4, -0.2) is 113 Å². The van der Waals surface area contributed by atoms with Crippen LogP contribution in [0.15, 0.2) is 48.5 Å². The Kier molecular flexibility index (Phi) is 9.84. The van der Waals surface area contributed by atoms with Gasteiger partial charge in [-0.15, -0.1) is 0 Å². The fraction of sp³-hybridized carbons (Fsp3) is 0.433. The number of ether oxygens (including phenoxy) is 1. The molecule has 13 heteroatoms. The molecule has 12 nitrogen and oxygen atoms in total. The van der Waals surface area contributed by atoms with Crippen molar-refractivity contribution in [1.82, 2.24) is 24.9 Å². The summed E-state index contributed by atoms with van der Waals surface area (Å²) in [5.74, 6) is -2.72. The molecule has 0 unspecified atom stereocenters. The Morgan fingerprint density at radius 3 is 2.47 bits per heavy atom. The van der Waals surface area contributed by atoms with Crippen molar-refractivity contribution in [1.29, 1.82) is 0 Å². The highest BCUT2D eigenvalue weighted by atomic mass is 19.1. The summed E-state index contributed by atoms with van der Waals surface area (Å²) in [7, 11) is 2.87. The van der Waals surface area contributed by atoms with Gasteiger partial charge in [0.2, 0.25) is 17.7 Å². The molecule has 2 aliphatic rings. The second-order valence-corrected chi connectivity index (χ2v) is 10.8. The molecule has 2 aromatic rings. The van der Waals surface area contributed by atoms with Crippen LogP contribution in [0.1, 0.15) is 41.7 Å². The number of carbonyl (C=O) groups excluding carboxylic acids is 4. The Balaban J connectivity index is 1.67. The number of hydrogen-bond donors (Lipinski definition) is 2. The van der Waals surface area contributed by atoms with Crippen LogP contribution < -0.4 is 10.1 Å². The zero-order valence-electron chi connectivity index (χ0n) is 24.4. The average molecular weight is 598 g/mol. The van der Waals surface area contributed by atoms with Gasteiger partial charge in [-0.1, -0.05) is 30.3 Å². The van der Waals surface area contributed by atoms with E-state index in [0.717, 1.165) is 27.5 Å². The molecule has 4 rings (SSSR count). The molecule has 0 aromatic heterocycles. The van der Waals surface area contributed by atoms with E-state index >= 15 is 0 Å². The van der Waals surface area contributed by atoms with E-state index in [0.29, 0.717) is 0 Å². The van der Waals surface area contributed by atoms with E-state index in [9.17, 15) is 33.5 Å². The van der Waals surface area contributed by atoms with E-state index in [2.05, 4.69) is 5.32 Å². The quantitative estimate of drug-likeness (QED) is 0.552. The summed E-state index contributed by atoms with van der Waals surface area (Å²) in [6.45, 7) is 1.46. The second-order valence-electron chi connectivity index (χ2n) is 10.8. The number of nitrogens with zero attached hydrogens (tertiary/aromatic N) is 4. The molecular formula is C30H36FN5O7. The maximum Gasteiger partial charge on any atom is 0.407 e. The topological polar surface area (TPSA) is 140 Å². The number of carboxylic acid groups (broad SMARTS) is 1. The van der Waals surface area contributed by atoms with Crippen LogP contribution in [0.25, 0.3) is 0 Å². The molecule has 2 N–H and O–H groups in total. The smallest absolute Gasteiger partial charge is 0.407 e. The number of hydrogen-bond acceptors (Lipinski definition) is 6. The summed E-state index contributed by atoms with van der Waals surface area (Å²) in [6, 6.07) is 10.4. The second kappa shape index (κ2) is 13.5.